The summed E-state index contributed by atoms with van der Waals surface area (Å²) >= 11 is 3.09. The fraction of sp³-hybridized carbons (Fsp3) is 0.778. The lowest BCUT2D eigenvalue weighted by Crippen LogP contribution is -2.40. The van der Waals surface area contributed by atoms with E-state index >= 15 is 0 Å². The average molecular weight is 400 g/mol. The molecule has 2 fully saturated rings. The number of aliphatic hydroxyl groups is 2. The van der Waals surface area contributed by atoms with Crippen LogP contribution in [0.5, 0.6) is 0 Å². The topological polar surface area (TPSA) is 76.9 Å². The molecule has 1 aromatic rings. The van der Waals surface area contributed by atoms with Crippen molar-refractivity contribution in [1.29, 1.82) is 0 Å². The van der Waals surface area contributed by atoms with Crippen molar-refractivity contribution in [3.8, 4) is 0 Å². The van der Waals surface area contributed by atoms with Gasteiger partial charge in [-0.2, -0.15) is 0 Å². The smallest absolute Gasteiger partial charge is 0.233 e. The second kappa shape index (κ2) is 9.50. The van der Waals surface area contributed by atoms with Crippen LogP contribution in [0.3, 0.4) is 0 Å². The Labute approximate surface area is 163 Å². The quantitative estimate of drug-likeness (QED) is 0.674. The van der Waals surface area contributed by atoms with Crippen LogP contribution in [0, 0.1) is 24.7 Å². The summed E-state index contributed by atoms with van der Waals surface area (Å²) in [5.41, 5.74) is 0.997. The number of piperidine rings is 1. The minimum Gasteiger partial charge on any atom is -0.396 e. The van der Waals surface area contributed by atoms with Gasteiger partial charge in [0.25, 0.3) is 0 Å². The molecule has 146 valence electrons. The van der Waals surface area contributed by atoms with Crippen molar-refractivity contribution in [1.82, 2.24) is 14.8 Å². The SMILES string of the molecule is Cc1csc(SCC(=O)N2C[C@@H](CN3CCC(CO)CC3)[C@@H](CO)C2)n1. The Morgan fingerprint density at radius 1 is 1.27 bits per heavy atom. The summed E-state index contributed by atoms with van der Waals surface area (Å²) in [6.07, 6.45) is 2.08. The number of aliphatic hydroxyl groups excluding tert-OH is 2. The zero-order valence-corrected chi connectivity index (χ0v) is 17.0. The van der Waals surface area contributed by atoms with Crippen molar-refractivity contribution >= 4 is 29.0 Å². The molecule has 8 heteroatoms. The van der Waals surface area contributed by atoms with Crippen molar-refractivity contribution in [2.24, 2.45) is 17.8 Å². The van der Waals surface area contributed by atoms with Gasteiger partial charge in [0.05, 0.1) is 5.75 Å². The molecule has 3 rings (SSSR count). The van der Waals surface area contributed by atoms with Crippen LogP contribution in [0.1, 0.15) is 18.5 Å². The molecule has 0 radical (unpaired) electrons. The van der Waals surface area contributed by atoms with Gasteiger partial charge in [-0.25, -0.2) is 4.98 Å². The normalized spacial score (nSPS) is 25.1. The Kier molecular flexibility index (Phi) is 7.34. The highest BCUT2D eigenvalue weighted by Crippen LogP contribution is 2.28. The molecule has 2 aliphatic heterocycles. The van der Waals surface area contributed by atoms with E-state index in [-0.39, 0.29) is 25.0 Å². The Morgan fingerprint density at radius 2 is 2.00 bits per heavy atom. The first kappa shape index (κ1) is 20.1. The fourth-order valence-corrected chi connectivity index (χ4v) is 5.60. The molecule has 2 N–H and O–H groups in total. The summed E-state index contributed by atoms with van der Waals surface area (Å²) in [4.78, 5) is 21.3. The number of thiazole rings is 1. The zero-order valence-electron chi connectivity index (χ0n) is 15.3. The molecular weight excluding hydrogens is 370 g/mol. The number of hydrogen-bond donors (Lipinski definition) is 2. The molecule has 2 saturated heterocycles. The minimum absolute atomic E-state index is 0.139. The van der Waals surface area contributed by atoms with E-state index in [1.165, 1.54) is 11.8 Å². The summed E-state index contributed by atoms with van der Waals surface area (Å²) < 4.78 is 0.942. The van der Waals surface area contributed by atoms with Gasteiger partial charge in [0, 0.05) is 49.8 Å². The molecule has 3 heterocycles. The van der Waals surface area contributed by atoms with E-state index in [1.54, 1.807) is 11.3 Å². The van der Waals surface area contributed by atoms with Gasteiger partial charge < -0.3 is 20.0 Å². The lowest BCUT2D eigenvalue weighted by atomic mass is 9.93. The maximum Gasteiger partial charge on any atom is 0.233 e. The first-order chi connectivity index (χ1) is 12.6. The molecule has 6 nitrogen and oxygen atoms in total. The van der Waals surface area contributed by atoms with E-state index < -0.39 is 0 Å². The van der Waals surface area contributed by atoms with Crippen LogP contribution in [0.25, 0.3) is 0 Å². The lowest BCUT2D eigenvalue weighted by Gasteiger charge is -2.33. The van der Waals surface area contributed by atoms with Crippen LogP contribution < -0.4 is 0 Å². The molecule has 0 aliphatic carbocycles. The number of rotatable bonds is 7. The van der Waals surface area contributed by atoms with Crippen LogP contribution >= 0.6 is 23.1 Å². The van der Waals surface area contributed by atoms with Gasteiger partial charge in [-0.3, -0.25) is 4.79 Å². The number of aromatic nitrogens is 1. The highest BCUT2D eigenvalue weighted by Gasteiger charge is 2.36. The third kappa shape index (κ3) is 5.19. The Balaban J connectivity index is 1.47. The van der Waals surface area contributed by atoms with E-state index in [9.17, 15) is 15.0 Å². The van der Waals surface area contributed by atoms with Crippen LogP contribution in [0.4, 0.5) is 0 Å². The minimum atomic E-state index is 0.139. The second-order valence-corrected chi connectivity index (χ2v) is 9.55. The van der Waals surface area contributed by atoms with Gasteiger partial charge in [-0.15, -0.1) is 11.3 Å². The number of nitrogens with zero attached hydrogens (tertiary/aromatic N) is 3. The lowest BCUT2D eigenvalue weighted by molar-refractivity contribution is -0.127. The average Bonchev–Trinajstić information content (AvgIpc) is 3.26. The number of aryl methyl sites for hydroxylation is 1. The maximum atomic E-state index is 12.6. The number of hydrogen-bond acceptors (Lipinski definition) is 7. The molecule has 2 aliphatic rings. The summed E-state index contributed by atoms with van der Waals surface area (Å²) in [5, 5.41) is 21.0. The van der Waals surface area contributed by atoms with E-state index in [4.69, 9.17) is 0 Å². The second-order valence-electron chi connectivity index (χ2n) is 7.47. The molecule has 0 bridgehead atoms. The molecular formula is C18H29N3O3S2. The van der Waals surface area contributed by atoms with Gasteiger partial charge in [0.2, 0.25) is 5.91 Å². The van der Waals surface area contributed by atoms with Gasteiger partial charge in [-0.05, 0) is 44.7 Å². The summed E-state index contributed by atoms with van der Waals surface area (Å²) in [6, 6.07) is 0. The third-order valence-electron chi connectivity index (χ3n) is 5.54. The Bertz CT molecular complexity index is 590. The summed E-state index contributed by atoms with van der Waals surface area (Å²) in [7, 11) is 0. The van der Waals surface area contributed by atoms with Gasteiger partial charge in [-0.1, -0.05) is 11.8 Å². The molecule has 0 unspecified atom stereocenters. The summed E-state index contributed by atoms with van der Waals surface area (Å²) in [5.74, 6) is 1.50. The van der Waals surface area contributed by atoms with Crippen LogP contribution in [-0.2, 0) is 4.79 Å². The summed E-state index contributed by atoms with van der Waals surface area (Å²) in [6.45, 7) is 6.73. The highest BCUT2D eigenvalue weighted by atomic mass is 32.2. The van der Waals surface area contributed by atoms with Crippen LogP contribution in [-0.4, -0.2) is 82.6 Å². The molecule has 26 heavy (non-hydrogen) atoms. The van der Waals surface area contributed by atoms with Crippen molar-refractivity contribution in [2.45, 2.75) is 24.1 Å². The number of amides is 1. The maximum absolute atomic E-state index is 12.6. The van der Waals surface area contributed by atoms with E-state index in [0.29, 0.717) is 24.1 Å². The number of likely N-dealkylation sites (tertiary alicyclic amines) is 2. The Morgan fingerprint density at radius 3 is 2.62 bits per heavy atom. The molecule has 0 aromatic carbocycles. The predicted molar refractivity (Wildman–Crippen MR) is 104 cm³/mol. The van der Waals surface area contributed by atoms with Crippen molar-refractivity contribution in [3.05, 3.63) is 11.1 Å². The van der Waals surface area contributed by atoms with E-state index in [0.717, 1.165) is 49.1 Å². The van der Waals surface area contributed by atoms with Crippen LogP contribution in [0.2, 0.25) is 0 Å². The van der Waals surface area contributed by atoms with Crippen LogP contribution in [0.15, 0.2) is 9.72 Å². The van der Waals surface area contributed by atoms with Gasteiger partial charge in [0.1, 0.15) is 0 Å². The number of thioether (sulfide) groups is 1. The zero-order chi connectivity index (χ0) is 18.5. The predicted octanol–water partition coefficient (Wildman–Crippen LogP) is 1.31. The molecule has 1 amide bonds. The van der Waals surface area contributed by atoms with Crippen molar-refractivity contribution in [2.75, 3.05) is 51.7 Å². The van der Waals surface area contributed by atoms with Gasteiger partial charge in [0.15, 0.2) is 4.34 Å². The fourth-order valence-electron chi connectivity index (χ4n) is 3.85. The molecule has 0 spiro atoms. The van der Waals surface area contributed by atoms with Crippen molar-refractivity contribution < 1.29 is 15.0 Å². The molecule has 1 aromatic heterocycles. The highest BCUT2D eigenvalue weighted by molar-refractivity contribution is 8.01. The first-order valence-electron chi connectivity index (χ1n) is 9.35. The third-order valence-corrected chi connectivity index (χ3v) is 7.66. The Hall–Kier alpha value is -0.670. The first-order valence-corrected chi connectivity index (χ1v) is 11.2. The molecule has 2 atom stereocenters. The van der Waals surface area contributed by atoms with Crippen molar-refractivity contribution in [3.63, 3.8) is 0 Å². The molecule has 0 saturated carbocycles. The number of carbonyl (C=O) groups is 1. The number of carbonyl (C=O) groups excluding carboxylic acids is 1. The monoisotopic (exact) mass is 399 g/mol. The largest absolute Gasteiger partial charge is 0.396 e. The standard InChI is InChI=1S/C18H29N3O3S2/c1-13-11-25-18(19-13)26-12-17(24)21-7-15(16(8-21)10-23)6-20-4-2-14(9-22)3-5-20/h11,14-16,22-23H,2-10,12H2,1H3/t15-,16-/m1/s1. The van der Waals surface area contributed by atoms with E-state index in [2.05, 4.69) is 9.88 Å². The van der Waals surface area contributed by atoms with E-state index in [1.807, 2.05) is 17.2 Å². The van der Waals surface area contributed by atoms with Gasteiger partial charge >= 0.3 is 0 Å².